The van der Waals surface area contributed by atoms with Gasteiger partial charge in [0.05, 0.1) is 25.2 Å². The molecule has 0 aromatic heterocycles. The standard InChI is InChI=1S/C24H31NO4/c1-23-10-9-15(27-3)11-14(23)5-6-16-17-7-8-18(19-13-29-22(25-19)28-4)24(17,2)12-20(26)21(16)23/h5,8,11,16-17,21-22H,6-7,9-10,12-13H2,1-4H3/t16-,17-,21+,22?,23-,24-/m0/s1. The Morgan fingerprint density at radius 2 is 2.00 bits per heavy atom. The number of hydrogen-bond acceptors (Lipinski definition) is 5. The third kappa shape index (κ3) is 2.66. The lowest BCUT2D eigenvalue weighted by atomic mass is 9.47. The van der Waals surface area contributed by atoms with Gasteiger partial charge in [0.15, 0.2) is 0 Å². The zero-order valence-corrected chi connectivity index (χ0v) is 17.9. The van der Waals surface area contributed by atoms with E-state index >= 15 is 0 Å². The van der Waals surface area contributed by atoms with Crippen molar-refractivity contribution in [3.63, 3.8) is 0 Å². The molecule has 156 valence electrons. The summed E-state index contributed by atoms with van der Waals surface area (Å²) in [7, 11) is 3.35. The molecule has 5 rings (SSSR count). The lowest BCUT2D eigenvalue weighted by molar-refractivity contribution is -0.140. The molecule has 0 amide bonds. The summed E-state index contributed by atoms with van der Waals surface area (Å²) in [5.74, 6) is 2.44. The number of ketones is 1. The second kappa shape index (κ2) is 6.64. The molecular formula is C24H31NO4. The fourth-order valence-electron chi connectivity index (χ4n) is 6.94. The van der Waals surface area contributed by atoms with Crippen molar-refractivity contribution in [1.82, 2.24) is 0 Å². The van der Waals surface area contributed by atoms with Gasteiger partial charge in [0.25, 0.3) is 6.41 Å². The molecule has 0 aromatic rings. The van der Waals surface area contributed by atoms with Gasteiger partial charge in [-0.3, -0.25) is 4.79 Å². The average Bonchev–Trinajstić information content (AvgIpc) is 3.30. The van der Waals surface area contributed by atoms with Gasteiger partial charge in [0.2, 0.25) is 0 Å². The highest BCUT2D eigenvalue weighted by atomic mass is 16.7. The lowest BCUT2D eigenvalue weighted by Crippen LogP contribution is -2.53. The molecule has 5 nitrogen and oxygen atoms in total. The Morgan fingerprint density at radius 3 is 2.72 bits per heavy atom. The van der Waals surface area contributed by atoms with Gasteiger partial charge in [0, 0.05) is 36.7 Å². The van der Waals surface area contributed by atoms with Crippen molar-refractivity contribution in [2.24, 2.45) is 33.6 Å². The second-order valence-corrected chi connectivity index (χ2v) is 9.72. The molecule has 29 heavy (non-hydrogen) atoms. The van der Waals surface area contributed by atoms with Crippen LogP contribution >= 0.6 is 0 Å². The van der Waals surface area contributed by atoms with Crippen LogP contribution in [0.5, 0.6) is 0 Å². The molecule has 6 atom stereocenters. The molecule has 0 N–H and O–H groups in total. The van der Waals surface area contributed by atoms with E-state index in [1.807, 2.05) is 0 Å². The smallest absolute Gasteiger partial charge is 0.258 e. The molecule has 1 aliphatic heterocycles. The Hall–Kier alpha value is -1.72. The van der Waals surface area contributed by atoms with Crippen molar-refractivity contribution < 1.29 is 19.0 Å². The zero-order chi connectivity index (χ0) is 20.4. The number of nitrogens with zero attached hydrogens (tertiary/aromatic N) is 1. The van der Waals surface area contributed by atoms with Gasteiger partial charge >= 0.3 is 0 Å². The predicted octanol–water partition coefficient (Wildman–Crippen LogP) is 4.21. The number of carbonyl (C=O) groups excluding carboxylic acids is 1. The Balaban J connectivity index is 1.49. The van der Waals surface area contributed by atoms with Gasteiger partial charge in [-0.2, -0.15) is 0 Å². The normalized spacial score (nSPS) is 43.5. The van der Waals surface area contributed by atoms with E-state index in [4.69, 9.17) is 14.2 Å². The number of allylic oxidation sites excluding steroid dienone is 5. The fraction of sp³-hybridized carbons (Fsp3) is 0.667. The summed E-state index contributed by atoms with van der Waals surface area (Å²) in [5.41, 5.74) is 3.28. The molecule has 5 heteroatoms. The summed E-state index contributed by atoms with van der Waals surface area (Å²) < 4.78 is 16.4. The highest BCUT2D eigenvalue weighted by Crippen LogP contribution is 2.63. The van der Waals surface area contributed by atoms with Gasteiger partial charge in [0.1, 0.15) is 5.78 Å². The predicted molar refractivity (Wildman–Crippen MR) is 110 cm³/mol. The number of hydrogen-bond donors (Lipinski definition) is 0. The number of fused-ring (bicyclic) bond motifs is 5. The largest absolute Gasteiger partial charge is 0.501 e. The van der Waals surface area contributed by atoms with Crippen LogP contribution in [0, 0.1) is 28.6 Å². The molecular weight excluding hydrogens is 366 g/mol. The van der Waals surface area contributed by atoms with E-state index < -0.39 is 6.41 Å². The monoisotopic (exact) mass is 397 g/mol. The average molecular weight is 398 g/mol. The molecule has 0 radical (unpaired) electrons. The quantitative estimate of drug-likeness (QED) is 0.716. The third-order valence-corrected chi connectivity index (χ3v) is 8.40. The maximum absolute atomic E-state index is 13.7. The van der Waals surface area contributed by atoms with E-state index in [0.29, 0.717) is 30.6 Å². The van der Waals surface area contributed by atoms with Crippen LogP contribution in [0.15, 0.2) is 40.1 Å². The zero-order valence-electron chi connectivity index (χ0n) is 17.9. The highest BCUT2D eigenvalue weighted by Gasteiger charge is 2.60. The van der Waals surface area contributed by atoms with Gasteiger partial charge in [-0.25, -0.2) is 4.99 Å². The summed E-state index contributed by atoms with van der Waals surface area (Å²) >= 11 is 0. The van der Waals surface area contributed by atoms with Crippen molar-refractivity contribution in [2.45, 2.75) is 52.4 Å². The molecule has 5 aliphatic rings. The van der Waals surface area contributed by atoms with Gasteiger partial charge in [-0.1, -0.05) is 26.0 Å². The van der Waals surface area contributed by atoms with Crippen molar-refractivity contribution >= 4 is 11.5 Å². The first kappa shape index (κ1) is 19.3. The molecule has 4 aliphatic carbocycles. The minimum atomic E-state index is -0.510. The molecule has 0 bridgehead atoms. The SMILES string of the molecule is COC1=CC2=CC[C@@H]3[C@H](C(=O)C[C@]4(C)C(C5=NC(OC)OC5)=CC[C@@H]34)[C@@]2(C)CC1. The summed E-state index contributed by atoms with van der Waals surface area (Å²) in [4.78, 5) is 18.3. The molecule has 0 aromatic carbocycles. The summed E-state index contributed by atoms with van der Waals surface area (Å²) in [6, 6.07) is 0. The first-order valence-electron chi connectivity index (χ1n) is 10.8. The van der Waals surface area contributed by atoms with Gasteiger partial charge in [-0.05, 0) is 48.3 Å². The molecule has 1 unspecified atom stereocenters. The Bertz CT molecular complexity index is 868. The summed E-state index contributed by atoms with van der Waals surface area (Å²) in [6.45, 7) is 5.06. The van der Waals surface area contributed by atoms with Crippen molar-refractivity contribution in [3.05, 3.63) is 35.1 Å². The number of carbonyl (C=O) groups is 1. The van der Waals surface area contributed by atoms with E-state index in [0.717, 1.165) is 37.2 Å². The minimum absolute atomic E-state index is 0.0682. The number of rotatable bonds is 3. The lowest BCUT2D eigenvalue weighted by Gasteiger charge is -2.55. The van der Waals surface area contributed by atoms with E-state index in [9.17, 15) is 4.79 Å². The summed E-state index contributed by atoms with van der Waals surface area (Å²) in [5, 5.41) is 0. The minimum Gasteiger partial charge on any atom is -0.501 e. The number of aliphatic imine (C=N–C) groups is 1. The van der Waals surface area contributed by atoms with Crippen LogP contribution in [0.1, 0.15) is 46.0 Å². The van der Waals surface area contributed by atoms with Crippen LogP contribution in [0.4, 0.5) is 0 Å². The van der Waals surface area contributed by atoms with Crippen LogP contribution in [0.3, 0.4) is 0 Å². The third-order valence-electron chi connectivity index (χ3n) is 8.40. The fourth-order valence-corrected chi connectivity index (χ4v) is 6.94. The highest BCUT2D eigenvalue weighted by molar-refractivity contribution is 6.04. The van der Waals surface area contributed by atoms with Crippen LogP contribution in [0.25, 0.3) is 0 Å². The Morgan fingerprint density at radius 1 is 1.17 bits per heavy atom. The Labute approximate surface area is 172 Å². The second-order valence-electron chi connectivity index (χ2n) is 9.72. The summed E-state index contributed by atoms with van der Waals surface area (Å²) in [6.07, 6.45) is 10.9. The molecule has 0 spiro atoms. The van der Waals surface area contributed by atoms with E-state index in [1.165, 1.54) is 11.1 Å². The molecule has 1 fully saturated rings. The number of Topliss-reactive ketones (excluding diaryl/α,β-unsaturated/α-hetero) is 1. The van der Waals surface area contributed by atoms with Crippen LogP contribution < -0.4 is 0 Å². The van der Waals surface area contributed by atoms with E-state index in [2.05, 4.69) is 37.1 Å². The number of methoxy groups -OCH3 is 2. The molecule has 1 saturated carbocycles. The van der Waals surface area contributed by atoms with Crippen molar-refractivity contribution in [1.29, 1.82) is 0 Å². The van der Waals surface area contributed by atoms with Crippen LogP contribution in [-0.2, 0) is 19.0 Å². The van der Waals surface area contributed by atoms with Crippen molar-refractivity contribution in [3.8, 4) is 0 Å². The maximum Gasteiger partial charge on any atom is 0.258 e. The van der Waals surface area contributed by atoms with Crippen molar-refractivity contribution in [2.75, 3.05) is 20.8 Å². The van der Waals surface area contributed by atoms with Crippen LogP contribution in [-0.4, -0.2) is 38.7 Å². The topological polar surface area (TPSA) is 57.1 Å². The van der Waals surface area contributed by atoms with Gasteiger partial charge < -0.3 is 14.2 Å². The van der Waals surface area contributed by atoms with E-state index in [-0.39, 0.29) is 16.7 Å². The first-order chi connectivity index (χ1) is 13.9. The van der Waals surface area contributed by atoms with E-state index in [1.54, 1.807) is 14.2 Å². The molecule has 0 saturated heterocycles. The molecule has 1 heterocycles. The van der Waals surface area contributed by atoms with Gasteiger partial charge in [-0.15, -0.1) is 0 Å². The maximum atomic E-state index is 13.7. The first-order valence-corrected chi connectivity index (χ1v) is 10.8. The van der Waals surface area contributed by atoms with Crippen LogP contribution in [0.2, 0.25) is 0 Å². The Kier molecular flexibility index (Phi) is 4.41. The number of ether oxygens (including phenoxy) is 3.